The molecule has 2 aromatic heterocycles. The molecule has 4 aromatic rings. The molecule has 3 heterocycles. The van der Waals surface area contributed by atoms with Crippen LogP contribution < -0.4 is 20.1 Å². The van der Waals surface area contributed by atoms with Gasteiger partial charge in [0, 0.05) is 18.2 Å². The van der Waals surface area contributed by atoms with Gasteiger partial charge in [-0.2, -0.15) is 0 Å². The summed E-state index contributed by atoms with van der Waals surface area (Å²) >= 11 is 2.75. The third-order valence-electron chi connectivity index (χ3n) is 4.50. The molecule has 2 aromatic carbocycles. The average molecular weight is 456 g/mol. The topological polar surface area (TPSA) is 107 Å². The molecular formula is C20H17N5O4S2. The maximum atomic E-state index is 12.3. The molecule has 0 atom stereocenters. The molecule has 0 aliphatic carbocycles. The molecule has 0 unspecified atom stereocenters. The van der Waals surface area contributed by atoms with Gasteiger partial charge in [0.15, 0.2) is 16.7 Å². The molecule has 11 heteroatoms. The summed E-state index contributed by atoms with van der Waals surface area (Å²) in [6.07, 6.45) is 0.795. The van der Waals surface area contributed by atoms with Gasteiger partial charge in [-0.15, -0.1) is 10.2 Å². The summed E-state index contributed by atoms with van der Waals surface area (Å²) < 4.78 is 14.2. The number of thiazole rings is 1. The smallest absolute Gasteiger partial charge is 0.325 e. The van der Waals surface area contributed by atoms with E-state index < -0.39 is 11.9 Å². The van der Waals surface area contributed by atoms with Crippen LogP contribution in [0.15, 0.2) is 47.6 Å². The number of hydrogen-bond acceptors (Lipinski definition) is 8. The fraction of sp³-hybridized carbons (Fsp3) is 0.200. The Morgan fingerprint density at radius 3 is 2.84 bits per heavy atom. The number of imide groups is 1. The predicted octanol–water partition coefficient (Wildman–Crippen LogP) is 3.55. The molecule has 3 amide bonds. The number of para-hydroxylation sites is 1. The van der Waals surface area contributed by atoms with Crippen LogP contribution in [-0.4, -0.2) is 45.5 Å². The molecule has 31 heavy (non-hydrogen) atoms. The average Bonchev–Trinajstić information content (AvgIpc) is 3.23. The third kappa shape index (κ3) is 4.14. The summed E-state index contributed by atoms with van der Waals surface area (Å²) in [5.41, 5.74) is 1.49. The number of carbonyl (C=O) groups excluding carboxylic acids is 2. The molecule has 0 saturated heterocycles. The lowest BCUT2D eigenvalue weighted by Crippen LogP contribution is -2.35. The molecule has 0 saturated carbocycles. The summed E-state index contributed by atoms with van der Waals surface area (Å²) in [6, 6.07) is 12.4. The van der Waals surface area contributed by atoms with Crippen molar-refractivity contribution in [3.05, 3.63) is 42.5 Å². The number of ether oxygens (including phenoxy) is 2. The highest BCUT2D eigenvalue weighted by Gasteiger charge is 2.16. The zero-order valence-corrected chi connectivity index (χ0v) is 17.8. The number of rotatable bonds is 4. The maximum Gasteiger partial charge on any atom is 0.325 e. The Hall–Kier alpha value is -3.31. The number of benzene rings is 2. The SMILES string of the molecule is O=C(CSc1nnc2sc3ccccc3n12)NC(=O)Nc1ccc2c(c1)OCCCO2. The van der Waals surface area contributed by atoms with Gasteiger partial charge in [0.1, 0.15) is 0 Å². The van der Waals surface area contributed by atoms with Crippen molar-refractivity contribution >= 4 is 55.9 Å². The van der Waals surface area contributed by atoms with Gasteiger partial charge in [0.2, 0.25) is 10.9 Å². The highest BCUT2D eigenvalue weighted by Crippen LogP contribution is 2.32. The summed E-state index contributed by atoms with van der Waals surface area (Å²) in [7, 11) is 0. The minimum absolute atomic E-state index is 0.0273. The lowest BCUT2D eigenvalue weighted by Gasteiger charge is -2.10. The van der Waals surface area contributed by atoms with Crippen molar-refractivity contribution in [3.63, 3.8) is 0 Å². The second kappa shape index (κ2) is 8.44. The van der Waals surface area contributed by atoms with Crippen molar-refractivity contribution in [3.8, 4) is 11.5 Å². The standard InChI is InChI=1S/C20H17N5O4S2/c26-17(11-30-19-23-24-20-25(19)13-4-1-2-5-16(13)31-20)22-18(27)21-12-6-7-14-15(10-12)29-9-3-8-28-14/h1-2,4-7,10H,3,8-9,11H2,(H2,21,22,26,27). The van der Waals surface area contributed by atoms with Crippen molar-refractivity contribution in [1.29, 1.82) is 0 Å². The number of hydrogen-bond donors (Lipinski definition) is 2. The Bertz CT molecular complexity index is 1290. The molecule has 1 aliphatic heterocycles. The van der Waals surface area contributed by atoms with E-state index in [1.807, 2.05) is 28.7 Å². The molecular weight excluding hydrogens is 438 g/mol. The Balaban J connectivity index is 1.20. The van der Waals surface area contributed by atoms with Crippen molar-refractivity contribution in [2.24, 2.45) is 0 Å². The van der Waals surface area contributed by atoms with E-state index in [2.05, 4.69) is 20.8 Å². The van der Waals surface area contributed by atoms with Crippen LogP contribution in [0.3, 0.4) is 0 Å². The first-order chi connectivity index (χ1) is 15.2. The highest BCUT2D eigenvalue weighted by molar-refractivity contribution is 7.99. The van der Waals surface area contributed by atoms with Crippen LogP contribution in [0.4, 0.5) is 10.5 Å². The van der Waals surface area contributed by atoms with Crippen LogP contribution in [0.25, 0.3) is 15.2 Å². The van der Waals surface area contributed by atoms with Gasteiger partial charge >= 0.3 is 6.03 Å². The largest absolute Gasteiger partial charge is 0.490 e. The number of thioether (sulfide) groups is 1. The fourth-order valence-electron chi connectivity index (χ4n) is 3.15. The number of urea groups is 1. The second-order valence-corrected chi connectivity index (χ2v) is 8.62. The van der Waals surface area contributed by atoms with E-state index >= 15 is 0 Å². The summed E-state index contributed by atoms with van der Waals surface area (Å²) in [6.45, 7) is 1.14. The number of nitrogens with zero attached hydrogens (tertiary/aromatic N) is 3. The summed E-state index contributed by atoms with van der Waals surface area (Å²) in [4.78, 5) is 25.2. The number of anilines is 1. The van der Waals surface area contributed by atoms with Gasteiger partial charge in [-0.3, -0.25) is 14.5 Å². The van der Waals surface area contributed by atoms with Gasteiger partial charge in [0.25, 0.3) is 0 Å². The first-order valence-corrected chi connectivity index (χ1v) is 11.3. The van der Waals surface area contributed by atoms with Gasteiger partial charge in [0.05, 0.1) is 29.2 Å². The summed E-state index contributed by atoms with van der Waals surface area (Å²) in [5.74, 6) is 0.792. The van der Waals surface area contributed by atoms with Crippen molar-refractivity contribution in [2.45, 2.75) is 11.6 Å². The van der Waals surface area contributed by atoms with Crippen LogP contribution in [0.1, 0.15) is 6.42 Å². The first-order valence-electron chi connectivity index (χ1n) is 9.53. The fourth-order valence-corrected chi connectivity index (χ4v) is 4.91. The molecule has 0 fully saturated rings. The zero-order chi connectivity index (χ0) is 21.2. The zero-order valence-electron chi connectivity index (χ0n) is 16.2. The summed E-state index contributed by atoms with van der Waals surface area (Å²) in [5, 5.41) is 13.9. The maximum absolute atomic E-state index is 12.3. The molecule has 9 nitrogen and oxygen atoms in total. The molecule has 158 valence electrons. The van der Waals surface area contributed by atoms with E-state index in [1.54, 1.807) is 18.2 Å². The minimum Gasteiger partial charge on any atom is -0.490 e. The van der Waals surface area contributed by atoms with Crippen LogP contribution in [0.5, 0.6) is 11.5 Å². The van der Waals surface area contributed by atoms with Crippen molar-refractivity contribution in [1.82, 2.24) is 19.9 Å². The van der Waals surface area contributed by atoms with Crippen LogP contribution in [0, 0.1) is 0 Å². The van der Waals surface area contributed by atoms with Crippen LogP contribution >= 0.6 is 23.1 Å². The first kappa shape index (κ1) is 19.6. The monoisotopic (exact) mass is 455 g/mol. The molecule has 0 spiro atoms. The van der Waals surface area contributed by atoms with Crippen molar-refractivity contribution in [2.75, 3.05) is 24.3 Å². The van der Waals surface area contributed by atoms with Gasteiger partial charge < -0.3 is 14.8 Å². The normalized spacial score (nSPS) is 13.2. The van der Waals surface area contributed by atoms with Crippen molar-refractivity contribution < 1.29 is 19.1 Å². The van der Waals surface area contributed by atoms with E-state index in [-0.39, 0.29) is 5.75 Å². The molecule has 0 radical (unpaired) electrons. The minimum atomic E-state index is -0.618. The number of amides is 3. The molecule has 5 rings (SSSR count). The Kier molecular flexibility index (Phi) is 5.35. The van der Waals surface area contributed by atoms with E-state index in [1.165, 1.54) is 23.1 Å². The van der Waals surface area contributed by atoms with Gasteiger partial charge in [-0.1, -0.05) is 35.2 Å². The number of fused-ring (bicyclic) bond motifs is 4. The van der Waals surface area contributed by atoms with E-state index in [0.29, 0.717) is 35.6 Å². The Labute approximate surface area is 184 Å². The van der Waals surface area contributed by atoms with E-state index in [0.717, 1.165) is 21.6 Å². The lowest BCUT2D eigenvalue weighted by molar-refractivity contribution is -0.117. The van der Waals surface area contributed by atoms with Crippen LogP contribution in [-0.2, 0) is 4.79 Å². The Morgan fingerprint density at radius 2 is 1.94 bits per heavy atom. The number of carbonyl (C=O) groups is 2. The van der Waals surface area contributed by atoms with E-state index in [9.17, 15) is 9.59 Å². The predicted molar refractivity (Wildman–Crippen MR) is 118 cm³/mol. The molecule has 2 N–H and O–H groups in total. The number of nitrogens with one attached hydrogen (secondary N) is 2. The highest BCUT2D eigenvalue weighted by atomic mass is 32.2. The lowest BCUT2D eigenvalue weighted by atomic mass is 10.3. The van der Waals surface area contributed by atoms with Gasteiger partial charge in [-0.25, -0.2) is 4.79 Å². The quantitative estimate of drug-likeness (QED) is 0.453. The number of aromatic nitrogens is 3. The molecule has 0 bridgehead atoms. The second-order valence-electron chi connectivity index (χ2n) is 6.67. The van der Waals surface area contributed by atoms with Gasteiger partial charge in [-0.05, 0) is 24.3 Å². The van der Waals surface area contributed by atoms with E-state index in [4.69, 9.17) is 9.47 Å². The third-order valence-corrected chi connectivity index (χ3v) is 6.44. The Morgan fingerprint density at radius 1 is 1.10 bits per heavy atom. The molecule has 1 aliphatic rings. The van der Waals surface area contributed by atoms with Crippen LogP contribution in [0.2, 0.25) is 0 Å².